The summed E-state index contributed by atoms with van der Waals surface area (Å²) in [5.74, 6) is -0.0497. The standard InChI is InChI=1S/C21H21ClF3NO4/c1-5-28-20(27)13(4)8-14-6-7-16(29-12(2)3)10-18(14)30-19-17(22)9-15(11-26-19)21(23,24)25/h6-12H,5H2,1-4H3/b13-8+. The largest absolute Gasteiger partial charge is 0.491 e. The average molecular weight is 444 g/mol. The second kappa shape index (κ2) is 9.84. The van der Waals surface area contributed by atoms with Crippen LogP contribution in [-0.2, 0) is 15.7 Å². The van der Waals surface area contributed by atoms with Crippen LogP contribution in [0.1, 0.15) is 38.8 Å². The molecule has 1 aromatic carbocycles. The van der Waals surface area contributed by atoms with E-state index in [9.17, 15) is 18.0 Å². The molecule has 0 amide bonds. The molecule has 0 aliphatic heterocycles. The molecule has 1 heterocycles. The molecule has 162 valence electrons. The van der Waals surface area contributed by atoms with Gasteiger partial charge in [-0.2, -0.15) is 13.2 Å². The molecule has 1 aromatic heterocycles. The zero-order valence-electron chi connectivity index (χ0n) is 16.8. The third kappa shape index (κ3) is 6.38. The number of aromatic nitrogens is 1. The molecule has 9 heteroatoms. The molecule has 2 rings (SSSR count). The summed E-state index contributed by atoms with van der Waals surface area (Å²) in [4.78, 5) is 15.6. The number of ether oxygens (including phenoxy) is 3. The van der Waals surface area contributed by atoms with Gasteiger partial charge in [-0.1, -0.05) is 11.6 Å². The molecule has 5 nitrogen and oxygen atoms in total. The summed E-state index contributed by atoms with van der Waals surface area (Å²) in [6.45, 7) is 7.17. The fraction of sp³-hybridized carbons (Fsp3) is 0.333. The van der Waals surface area contributed by atoms with Gasteiger partial charge >= 0.3 is 12.1 Å². The molecule has 0 spiro atoms. The maximum Gasteiger partial charge on any atom is 0.417 e. The van der Waals surface area contributed by atoms with Crippen LogP contribution in [0.25, 0.3) is 6.08 Å². The van der Waals surface area contributed by atoms with Crippen molar-refractivity contribution in [1.29, 1.82) is 0 Å². The molecule has 0 bridgehead atoms. The highest BCUT2D eigenvalue weighted by Gasteiger charge is 2.32. The van der Waals surface area contributed by atoms with Crippen LogP contribution >= 0.6 is 11.6 Å². The number of hydrogen-bond donors (Lipinski definition) is 0. The zero-order valence-corrected chi connectivity index (χ0v) is 17.6. The van der Waals surface area contributed by atoms with Crippen molar-refractivity contribution in [3.05, 3.63) is 52.2 Å². The highest BCUT2D eigenvalue weighted by atomic mass is 35.5. The molecule has 0 radical (unpaired) electrons. The highest BCUT2D eigenvalue weighted by Crippen LogP contribution is 2.37. The van der Waals surface area contributed by atoms with Crippen LogP contribution in [-0.4, -0.2) is 23.7 Å². The maximum absolute atomic E-state index is 12.8. The Morgan fingerprint density at radius 1 is 1.27 bits per heavy atom. The Morgan fingerprint density at radius 2 is 1.97 bits per heavy atom. The molecule has 2 aromatic rings. The SMILES string of the molecule is CCOC(=O)/C(C)=C/c1ccc(OC(C)C)cc1Oc1ncc(C(F)(F)F)cc1Cl. The lowest BCUT2D eigenvalue weighted by Crippen LogP contribution is -2.07. The zero-order chi connectivity index (χ0) is 22.5. The molecule has 0 saturated carbocycles. The smallest absolute Gasteiger partial charge is 0.417 e. The lowest BCUT2D eigenvalue weighted by atomic mass is 10.1. The molecule has 0 aliphatic rings. The molecule has 0 aliphatic carbocycles. The van der Waals surface area contributed by atoms with Gasteiger partial charge < -0.3 is 14.2 Å². The summed E-state index contributed by atoms with van der Waals surface area (Å²) < 4.78 is 54.8. The minimum atomic E-state index is -4.58. The minimum absolute atomic E-state index is 0.117. The topological polar surface area (TPSA) is 57.7 Å². The number of nitrogens with zero attached hydrogens (tertiary/aromatic N) is 1. The first-order chi connectivity index (χ1) is 14.0. The van der Waals surface area contributed by atoms with E-state index in [0.717, 1.165) is 6.07 Å². The first-order valence-corrected chi connectivity index (χ1v) is 9.45. The molecule has 0 saturated heterocycles. The lowest BCUT2D eigenvalue weighted by molar-refractivity contribution is -0.139. The maximum atomic E-state index is 12.8. The summed E-state index contributed by atoms with van der Waals surface area (Å²) in [6.07, 6.45) is -2.53. The summed E-state index contributed by atoms with van der Waals surface area (Å²) in [5.41, 5.74) is -0.213. The normalized spacial score (nSPS) is 12.1. The minimum Gasteiger partial charge on any atom is -0.491 e. The summed E-state index contributed by atoms with van der Waals surface area (Å²) >= 11 is 5.95. The van der Waals surface area contributed by atoms with E-state index in [2.05, 4.69) is 4.98 Å². The third-order valence-corrected chi connectivity index (χ3v) is 3.94. The highest BCUT2D eigenvalue weighted by molar-refractivity contribution is 6.31. The van der Waals surface area contributed by atoms with E-state index < -0.39 is 17.7 Å². The number of esters is 1. The van der Waals surface area contributed by atoms with Gasteiger partial charge in [0.05, 0.1) is 18.3 Å². The Bertz CT molecular complexity index is 942. The van der Waals surface area contributed by atoms with Gasteiger partial charge in [-0.05, 0) is 52.0 Å². The summed E-state index contributed by atoms with van der Waals surface area (Å²) in [6, 6.07) is 5.60. The molecule has 30 heavy (non-hydrogen) atoms. The van der Waals surface area contributed by atoms with E-state index in [4.69, 9.17) is 25.8 Å². The van der Waals surface area contributed by atoms with Crippen LogP contribution in [0.15, 0.2) is 36.0 Å². The number of rotatable bonds is 7. The Morgan fingerprint density at radius 3 is 2.53 bits per heavy atom. The van der Waals surface area contributed by atoms with E-state index in [1.54, 1.807) is 32.0 Å². The molecule has 0 fully saturated rings. The van der Waals surface area contributed by atoms with Gasteiger partial charge in [0, 0.05) is 23.4 Å². The van der Waals surface area contributed by atoms with Crippen LogP contribution in [0.5, 0.6) is 17.4 Å². The average Bonchev–Trinajstić information content (AvgIpc) is 2.64. The van der Waals surface area contributed by atoms with Crippen LogP contribution < -0.4 is 9.47 Å². The van der Waals surface area contributed by atoms with Crippen LogP contribution in [0.4, 0.5) is 13.2 Å². The van der Waals surface area contributed by atoms with Gasteiger partial charge in [0.1, 0.15) is 16.5 Å². The number of carbonyl (C=O) groups is 1. The van der Waals surface area contributed by atoms with Crippen molar-refractivity contribution in [1.82, 2.24) is 4.98 Å². The van der Waals surface area contributed by atoms with E-state index >= 15 is 0 Å². The van der Waals surface area contributed by atoms with Crippen molar-refractivity contribution in [3.63, 3.8) is 0 Å². The fourth-order valence-electron chi connectivity index (χ4n) is 2.36. The van der Waals surface area contributed by atoms with Gasteiger partial charge in [-0.3, -0.25) is 0 Å². The number of benzene rings is 1. The number of halogens is 4. The van der Waals surface area contributed by atoms with Crippen molar-refractivity contribution in [2.24, 2.45) is 0 Å². The van der Waals surface area contributed by atoms with Crippen molar-refractivity contribution in [2.75, 3.05) is 6.61 Å². The first kappa shape index (κ1) is 23.5. The Labute approximate surface area is 177 Å². The van der Waals surface area contributed by atoms with Gasteiger partial charge in [0.2, 0.25) is 5.88 Å². The third-order valence-electron chi connectivity index (χ3n) is 3.67. The summed E-state index contributed by atoms with van der Waals surface area (Å²) in [5, 5.41) is -0.308. The van der Waals surface area contributed by atoms with E-state index in [0.29, 0.717) is 23.1 Å². The monoisotopic (exact) mass is 443 g/mol. The van der Waals surface area contributed by atoms with Crippen molar-refractivity contribution >= 4 is 23.6 Å². The van der Waals surface area contributed by atoms with E-state index in [1.807, 2.05) is 13.8 Å². The van der Waals surface area contributed by atoms with Gasteiger partial charge in [-0.15, -0.1) is 0 Å². The second-order valence-corrected chi connectivity index (χ2v) is 6.93. The number of alkyl halides is 3. The number of hydrogen-bond acceptors (Lipinski definition) is 5. The Balaban J connectivity index is 2.45. The van der Waals surface area contributed by atoms with E-state index in [1.165, 1.54) is 6.08 Å². The fourth-order valence-corrected chi connectivity index (χ4v) is 2.57. The predicted molar refractivity (Wildman–Crippen MR) is 107 cm³/mol. The number of carbonyl (C=O) groups excluding carboxylic acids is 1. The molecule has 0 N–H and O–H groups in total. The molecular formula is C21H21ClF3NO4. The molecule has 0 atom stereocenters. The lowest BCUT2D eigenvalue weighted by Gasteiger charge is -2.15. The van der Waals surface area contributed by atoms with Gasteiger partial charge in [0.15, 0.2) is 0 Å². The van der Waals surface area contributed by atoms with Crippen molar-refractivity contribution in [2.45, 2.75) is 40.0 Å². The quantitative estimate of drug-likeness (QED) is 0.371. The van der Waals surface area contributed by atoms with Crippen LogP contribution in [0.3, 0.4) is 0 Å². The van der Waals surface area contributed by atoms with Gasteiger partial charge in [-0.25, -0.2) is 9.78 Å². The van der Waals surface area contributed by atoms with Gasteiger partial charge in [0.25, 0.3) is 0 Å². The van der Waals surface area contributed by atoms with Crippen molar-refractivity contribution < 1.29 is 32.2 Å². The van der Waals surface area contributed by atoms with Crippen molar-refractivity contribution in [3.8, 4) is 17.4 Å². The number of pyridine rings is 1. The van der Waals surface area contributed by atoms with E-state index in [-0.39, 0.29) is 29.4 Å². The van der Waals surface area contributed by atoms with Crippen LogP contribution in [0.2, 0.25) is 5.02 Å². The molecule has 0 unspecified atom stereocenters. The predicted octanol–water partition coefficient (Wildman–Crippen LogP) is 6.30. The molecular weight excluding hydrogens is 423 g/mol. The Kier molecular flexibility index (Phi) is 7.72. The van der Waals surface area contributed by atoms with Crippen LogP contribution in [0, 0.1) is 0 Å². The Hall–Kier alpha value is -2.74. The second-order valence-electron chi connectivity index (χ2n) is 6.52. The summed E-state index contributed by atoms with van der Waals surface area (Å²) in [7, 11) is 0. The first-order valence-electron chi connectivity index (χ1n) is 9.08.